The molecule has 0 aliphatic carbocycles. The SMILES string of the molecule is CCCC[n+]1ccccc1.FC(F)(F)[N-]C(F)(F)F. The van der Waals surface area contributed by atoms with Crippen LogP contribution < -0.4 is 4.57 Å². The first-order valence-electron chi connectivity index (χ1n) is 5.45. The van der Waals surface area contributed by atoms with E-state index >= 15 is 0 Å². The second kappa shape index (κ2) is 7.98. The smallest absolute Gasteiger partial charge is 0.318 e. The number of nitrogens with zero attached hydrogens (tertiary/aromatic N) is 2. The van der Waals surface area contributed by atoms with E-state index in [9.17, 15) is 26.3 Å². The lowest BCUT2D eigenvalue weighted by molar-refractivity contribution is -0.697. The van der Waals surface area contributed by atoms with Gasteiger partial charge in [-0.05, 0) is 0 Å². The molecule has 0 atom stereocenters. The van der Waals surface area contributed by atoms with Crippen molar-refractivity contribution in [2.45, 2.75) is 38.9 Å². The molecule has 0 aliphatic rings. The van der Waals surface area contributed by atoms with Gasteiger partial charge in [0.25, 0.3) is 0 Å². The van der Waals surface area contributed by atoms with Gasteiger partial charge in [-0.3, -0.25) is 0 Å². The van der Waals surface area contributed by atoms with Crippen LogP contribution in [0.25, 0.3) is 5.32 Å². The van der Waals surface area contributed by atoms with E-state index in [1.807, 2.05) is 6.07 Å². The highest BCUT2D eigenvalue weighted by molar-refractivity contribution is 4.87. The van der Waals surface area contributed by atoms with Crippen LogP contribution in [0.2, 0.25) is 0 Å². The maximum absolute atomic E-state index is 10.7. The Bertz CT molecular complexity index is 321. The summed E-state index contributed by atoms with van der Waals surface area (Å²) in [6, 6.07) is 6.17. The Morgan fingerprint density at radius 2 is 1.37 bits per heavy atom. The Hall–Kier alpha value is -1.31. The van der Waals surface area contributed by atoms with Crippen molar-refractivity contribution >= 4 is 0 Å². The molecule has 1 heterocycles. The van der Waals surface area contributed by atoms with Gasteiger partial charge in [-0.15, -0.1) is 0 Å². The van der Waals surface area contributed by atoms with Crippen molar-refractivity contribution in [3.05, 3.63) is 35.9 Å². The molecule has 1 aromatic rings. The average molecular weight is 288 g/mol. The van der Waals surface area contributed by atoms with E-state index in [4.69, 9.17) is 0 Å². The lowest BCUT2D eigenvalue weighted by atomic mass is 10.3. The number of unbranched alkanes of at least 4 members (excludes halogenated alkanes) is 1. The minimum Gasteiger partial charge on any atom is -0.478 e. The molecule has 0 radical (unpaired) electrons. The zero-order valence-corrected chi connectivity index (χ0v) is 10.2. The Morgan fingerprint density at radius 3 is 1.68 bits per heavy atom. The number of alkyl halides is 6. The molecule has 0 aliphatic heterocycles. The molecule has 0 spiro atoms. The normalized spacial score (nSPS) is 11.7. The Labute approximate surface area is 107 Å². The van der Waals surface area contributed by atoms with E-state index in [0.717, 1.165) is 6.54 Å². The van der Waals surface area contributed by atoms with Crippen LogP contribution in [0.3, 0.4) is 0 Å². The molecule has 1 rings (SSSR count). The van der Waals surface area contributed by atoms with Crippen LogP contribution >= 0.6 is 0 Å². The maximum Gasteiger partial charge on any atom is 0.318 e. The first kappa shape index (κ1) is 17.7. The number of aromatic nitrogens is 1. The van der Waals surface area contributed by atoms with Gasteiger partial charge in [-0.2, -0.15) is 26.3 Å². The van der Waals surface area contributed by atoms with Gasteiger partial charge in [0.15, 0.2) is 12.4 Å². The van der Waals surface area contributed by atoms with Crippen molar-refractivity contribution in [3.63, 3.8) is 0 Å². The number of hydrogen-bond donors (Lipinski definition) is 0. The molecule has 0 amide bonds. The molecule has 19 heavy (non-hydrogen) atoms. The Kier molecular flexibility index (Phi) is 7.43. The molecular weight excluding hydrogens is 274 g/mol. The van der Waals surface area contributed by atoms with E-state index in [-0.39, 0.29) is 0 Å². The molecule has 0 bridgehead atoms. The van der Waals surface area contributed by atoms with Gasteiger partial charge in [0.05, 0.1) is 0 Å². The van der Waals surface area contributed by atoms with Gasteiger partial charge >= 0.3 is 12.6 Å². The third kappa shape index (κ3) is 12.9. The summed E-state index contributed by atoms with van der Waals surface area (Å²) < 4.78 is 66.2. The zero-order chi connectivity index (χ0) is 14.9. The molecule has 8 heteroatoms. The molecule has 0 unspecified atom stereocenters. The van der Waals surface area contributed by atoms with E-state index in [1.165, 1.54) is 12.8 Å². The van der Waals surface area contributed by atoms with Gasteiger partial charge in [-0.1, -0.05) is 19.4 Å². The standard InChI is InChI=1S/C9H14N.C2F6N/c1-2-3-7-10-8-5-4-6-9-10;3-1(4,5)9-2(6,7)8/h4-6,8-9H,2-3,7H2,1H3;/q+1;-1. The van der Waals surface area contributed by atoms with Crippen LogP contribution in [0.5, 0.6) is 0 Å². The fourth-order valence-electron chi connectivity index (χ4n) is 1.07. The topological polar surface area (TPSA) is 18.0 Å². The predicted octanol–water partition coefficient (Wildman–Crippen LogP) is 4.17. The van der Waals surface area contributed by atoms with Gasteiger partial charge in [0.1, 0.15) is 6.54 Å². The summed E-state index contributed by atoms with van der Waals surface area (Å²) in [6.45, 7) is 3.36. The van der Waals surface area contributed by atoms with Crippen LogP contribution in [0, 0.1) is 0 Å². The largest absolute Gasteiger partial charge is 0.478 e. The highest BCUT2D eigenvalue weighted by Crippen LogP contribution is 2.34. The van der Waals surface area contributed by atoms with Crippen LogP contribution in [0.4, 0.5) is 26.3 Å². The Balaban J connectivity index is 0.000000344. The zero-order valence-electron chi connectivity index (χ0n) is 10.2. The van der Waals surface area contributed by atoms with Crippen LogP contribution in [-0.2, 0) is 6.54 Å². The second-order valence-electron chi connectivity index (χ2n) is 3.51. The van der Waals surface area contributed by atoms with Gasteiger partial charge in [-0.25, -0.2) is 4.57 Å². The van der Waals surface area contributed by atoms with Crippen molar-refractivity contribution in [2.75, 3.05) is 0 Å². The van der Waals surface area contributed by atoms with E-state index in [0.29, 0.717) is 5.32 Å². The van der Waals surface area contributed by atoms with E-state index < -0.39 is 12.6 Å². The van der Waals surface area contributed by atoms with Crippen molar-refractivity contribution < 1.29 is 30.9 Å². The molecule has 0 aromatic carbocycles. The second-order valence-corrected chi connectivity index (χ2v) is 3.51. The number of aryl methyl sites for hydroxylation is 1. The van der Waals surface area contributed by atoms with Crippen molar-refractivity contribution in [2.24, 2.45) is 0 Å². The number of rotatable bonds is 3. The lowest BCUT2D eigenvalue weighted by Crippen LogP contribution is -2.31. The summed E-state index contributed by atoms with van der Waals surface area (Å²) in [4.78, 5) is 0. The molecule has 0 fully saturated rings. The van der Waals surface area contributed by atoms with Crippen molar-refractivity contribution in [1.82, 2.24) is 0 Å². The van der Waals surface area contributed by atoms with Crippen LogP contribution in [0.1, 0.15) is 19.8 Å². The highest BCUT2D eigenvalue weighted by Gasteiger charge is 2.27. The van der Waals surface area contributed by atoms with Crippen LogP contribution in [0.15, 0.2) is 30.6 Å². The Morgan fingerprint density at radius 1 is 0.895 bits per heavy atom. The van der Waals surface area contributed by atoms with Gasteiger partial charge < -0.3 is 5.32 Å². The molecule has 0 saturated heterocycles. The van der Waals surface area contributed by atoms with Gasteiger partial charge in [0, 0.05) is 18.6 Å². The minimum absolute atomic E-state index is 0.542. The van der Waals surface area contributed by atoms with E-state index in [2.05, 4.69) is 36.0 Å². The van der Waals surface area contributed by atoms with Crippen molar-refractivity contribution in [1.29, 1.82) is 0 Å². The highest BCUT2D eigenvalue weighted by atomic mass is 19.4. The first-order valence-corrected chi connectivity index (χ1v) is 5.45. The quantitative estimate of drug-likeness (QED) is 0.451. The summed E-state index contributed by atoms with van der Waals surface area (Å²) in [5.74, 6) is 0. The monoisotopic (exact) mass is 288 g/mol. The molecular formula is C11H14F6N2. The number of halogens is 6. The molecule has 0 N–H and O–H groups in total. The minimum atomic E-state index is -5.52. The summed E-state index contributed by atoms with van der Waals surface area (Å²) in [6.07, 6.45) is -4.28. The fraction of sp³-hybridized carbons (Fsp3) is 0.545. The summed E-state index contributed by atoms with van der Waals surface area (Å²) in [7, 11) is 0. The van der Waals surface area contributed by atoms with Crippen molar-refractivity contribution in [3.8, 4) is 0 Å². The predicted molar refractivity (Wildman–Crippen MR) is 57.0 cm³/mol. The molecule has 2 nitrogen and oxygen atoms in total. The summed E-state index contributed by atoms with van der Waals surface area (Å²) >= 11 is 0. The van der Waals surface area contributed by atoms with Crippen LogP contribution in [-0.4, -0.2) is 12.6 Å². The third-order valence-corrected chi connectivity index (χ3v) is 1.80. The van der Waals surface area contributed by atoms with Gasteiger partial charge in [0.2, 0.25) is 0 Å². The lowest BCUT2D eigenvalue weighted by Gasteiger charge is -2.26. The average Bonchev–Trinajstić information content (AvgIpc) is 2.23. The third-order valence-electron chi connectivity index (χ3n) is 1.80. The van der Waals surface area contributed by atoms with E-state index in [1.54, 1.807) is 0 Å². The summed E-state index contributed by atoms with van der Waals surface area (Å²) in [5, 5.41) is 0.542. The summed E-state index contributed by atoms with van der Waals surface area (Å²) in [5.41, 5.74) is 0. The fourth-order valence-corrected chi connectivity index (χ4v) is 1.07. The maximum atomic E-state index is 10.7. The molecule has 1 aromatic heterocycles. The molecule has 0 saturated carbocycles. The number of hydrogen-bond acceptors (Lipinski definition) is 0. The number of pyridine rings is 1. The molecule has 110 valence electrons. The first-order chi connectivity index (χ1) is 8.64.